The van der Waals surface area contributed by atoms with Gasteiger partial charge in [-0.05, 0) is 26.3 Å². The zero-order valence-corrected chi connectivity index (χ0v) is 9.81. The van der Waals surface area contributed by atoms with E-state index >= 15 is 0 Å². The lowest BCUT2D eigenvalue weighted by molar-refractivity contribution is 0.134. The van der Waals surface area contributed by atoms with Crippen LogP contribution in [0.5, 0.6) is 0 Å². The maximum absolute atomic E-state index is 5.69. The molecular formula is C10H22N2S. The van der Waals surface area contributed by atoms with Crippen molar-refractivity contribution in [3.63, 3.8) is 0 Å². The summed E-state index contributed by atoms with van der Waals surface area (Å²) >= 11 is 2.07. The van der Waals surface area contributed by atoms with Crippen molar-refractivity contribution in [1.82, 2.24) is 4.90 Å². The molecule has 1 saturated heterocycles. The van der Waals surface area contributed by atoms with E-state index in [0.717, 1.165) is 12.6 Å². The Kier molecular flexibility index (Phi) is 4.56. The molecule has 78 valence electrons. The molecule has 0 aromatic carbocycles. The van der Waals surface area contributed by atoms with Gasteiger partial charge >= 0.3 is 0 Å². The van der Waals surface area contributed by atoms with E-state index in [9.17, 15) is 0 Å². The van der Waals surface area contributed by atoms with E-state index in [1.165, 1.54) is 18.1 Å². The van der Waals surface area contributed by atoms with Gasteiger partial charge in [-0.1, -0.05) is 6.92 Å². The van der Waals surface area contributed by atoms with Gasteiger partial charge in [-0.15, -0.1) is 0 Å². The molecule has 0 saturated carbocycles. The number of nitrogens with two attached hydrogens (primary N) is 1. The summed E-state index contributed by atoms with van der Waals surface area (Å²) in [5, 5.41) is 0. The molecule has 0 aliphatic carbocycles. The number of hydrogen-bond donors (Lipinski definition) is 1. The highest BCUT2D eigenvalue weighted by Crippen LogP contribution is 2.21. The Bertz CT molecular complexity index is 152. The monoisotopic (exact) mass is 202 g/mol. The molecule has 3 heteroatoms. The highest BCUT2D eigenvalue weighted by atomic mass is 32.2. The normalized spacial score (nSPS) is 30.0. The second-order valence-corrected chi connectivity index (χ2v) is 5.27. The molecule has 0 spiro atoms. The number of nitrogens with zero attached hydrogens (tertiary/aromatic N) is 1. The average Bonchev–Trinajstić information content (AvgIpc) is 2.16. The van der Waals surface area contributed by atoms with Crippen molar-refractivity contribution < 1.29 is 0 Å². The lowest BCUT2D eigenvalue weighted by Gasteiger charge is -2.40. The third kappa shape index (κ3) is 2.86. The summed E-state index contributed by atoms with van der Waals surface area (Å²) in [6.45, 7) is 8.92. The van der Waals surface area contributed by atoms with Crippen molar-refractivity contribution in [3.05, 3.63) is 0 Å². The van der Waals surface area contributed by atoms with Gasteiger partial charge in [0, 0.05) is 30.1 Å². The van der Waals surface area contributed by atoms with E-state index in [-0.39, 0.29) is 0 Å². The second kappa shape index (κ2) is 5.23. The Morgan fingerprint density at radius 2 is 2.23 bits per heavy atom. The van der Waals surface area contributed by atoms with Crippen LogP contribution in [0.25, 0.3) is 0 Å². The van der Waals surface area contributed by atoms with Gasteiger partial charge in [0.2, 0.25) is 0 Å². The molecule has 1 aliphatic heterocycles. The highest BCUT2D eigenvalue weighted by molar-refractivity contribution is 7.99. The minimum absolute atomic E-state index is 0.616. The smallest absolute Gasteiger partial charge is 0.0161 e. The van der Waals surface area contributed by atoms with Crippen molar-refractivity contribution in [2.24, 2.45) is 11.7 Å². The Morgan fingerprint density at radius 1 is 1.54 bits per heavy atom. The molecule has 0 bridgehead atoms. The molecule has 1 rings (SSSR count). The van der Waals surface area contributed by atoms with E-state index in [2.05, 4.69) is 37.4 Å². The molecule has 2 nitrogen and oxygen atoms in total. The Morgan fingerprint density at radius 3 is 2.77 bits per heavy atom. The van der Waals surface area contributed by atoms with Crippen molar-refractivity contribution in [3.8, 4) is 0 Å². The van der Waals surface area contributed by atoms with Crippen molar-refractivity contribution >= 4 is 11.8 Å². The van der Waals surface area contributed by atoms with Crippen LogP contribution in [-0.2, 0) is 0 Å². The van der Waals surface area contributed by atoms with Gasteiger partial charge in [-0.2, -0.15) is 11.8 Å². The predicted molar refractivity (Wildman–Crippen MR) is 61.2 cm³/mol. The van der Waals surface area contributed by atoms with Gasteiger partial charge in [-0.25, -0.2) is 0 Å². The highest BCUT2D eigenvalue weighted by Gasteiger charge is 2.25. The fourth-order valence-electron chi connectivity index (χ4n) is 1.87. The fourth-order valence-corrected chi connectivity index (χ4v) is 2.91. The minimum atomic E-state index is 0.616. The quantitative estimate of drug-likeness (QED) is 0.750. The van der Waals surface area contributed by atoms with Crippen molar-refractivity contribution in [2.75, 3.05) is 24.6 Å². The number of thioether (sulfide) groups is 1. The van der Waals surface area contributed by atoms with Crippen LogP contribution in [0, 0.1) is 5.92 Å². The van der Waals surface area contributed by atoms with Crippen LogP contribution in [-0.4, -0.2) is 41.6 Å². The second-order valence-electron chi connectivity index (χ2n) is 4.12. The zero-order chi connectivity index (χ0) is 9.84. The fraction of sp³-hybridized carbons (Fsp3) is 1.00. The maximum atomic E-state index is 5.69. The third-order valence-electron chi connectivity index (χ3n) is 3.14. The molecule has 3 atom stereocenters. The standard InChI is InChI=1S/C10H22N2S/c1-8(6-11)10(3)12-4-5-13-7-9(12)2/h8-10H,4-7,11H2,1-3H3. The Hall–Kier alpha value is 0.270. The Balaban J connectivity index is 2.47. The molecular weight excluding hydrogens is 180 g/mol. The SMILES string of the molecule is CC(CN)C(C)N1CCSCC1C. The topological polar surface area (TPSA) is 29.3 Å². The van der Waals surface area contributed by atoms with E-state index in [1.54, 1.807) is 0 Å². The minimum Gasteiger partial charge on any atom is -0.330 e. The van der Waals surface area contributed by atoms with E-state index in [0.29, 0.717) is 12.0 Å². The van der Waals surface area contributed by atoms with Crippen LogP contribution in [0.2, 0.25) is 0 Å². The molecule has 1 aliphatic rings. The van der Waals surface area contributed by atoms with E-state index < -0.39 is 0 Å². The third-order valence-corrected chi connectivity index (χ3v) is 4.33. The summed E-state index contributed by atoms with van der Waals surface area (Å²) in [6, 6.07) is 1.36. The largest absolute Gasteiger partial charge is 0.330 e. The van der Waals surface area contributed by atoms with Gasteiger partial charge in [0.1, 0.15) is 0 Å². The summed E-state index contributed by atoms with van der Waals surface area (Å²) in [7, 11) is 0. The van der Waals surface area contributed by atoms with Gasteiger partial charge in [0.25, 0.3) is 0 Å². The van der Waals surface area contributed by atoms with Crippen molar-refractivity contribution in [2.45, 2.75) is 32.9 Å². The molecule has 13 heavy (non-hydrogen) atoms. The van der Waals surface area contributed by atoms with Gasteiger partial charge in [0.15, 0.2) is 0 Å². The molecule has 1 fully saturated rings. The van der Waals surface area contributed by atoms with Crippen LogP contribution >= 0.6 is 11.8 Å². The lowest BCUT2D eigenvalue weighted by atomic mass is 10.0. The summed E-state index contributed by atoms with van der Waals surface area (Å²) in [4.78, 5) is 2.61. The number of hydrogen-bond acceptors (Lipinski definition) is 3. The van der Waals surface area contributed by atoms with E-state index in [1.807, 2.05) is 0 Å². The van der Waals surface area contributed by atoms with Crippen LogP contribution < -0.4 is 5.73 Å². The lowest BCUT2D eigenvalue weighted by Crippen LogP contribution is -2.49. The van der Waals surface area contributed by atoms with Crippen LogP contribution in [0.1, 0.15) is 20.8 Å². The van der Waals surface area contributed by atoms with Crippen LogP contribution in [0.15, 0.2) is 0 Å². The van der Waals surface area contributed by atoms with Crippen molar-refractivity contribution in [1.29, 1.82) is 0 Å². The molecule has 0 amide bonds. The summed E-state index contributed by atoms with van der Waals surface area (Å²) < 4.78 is 0. The average molecular weight is 202 g/mol. The first-order valence-corrected chi connectivity index (χ1v) is 6.35. The summed E-state index contributed by atoms with van der Waals surface area (Å²) in [6.07, 6.45) is 0. The first-order valence-electron chi connectivity index (χ1n) is 5.20. The molecule has 2 N–H and O–H groups in total. The van der Waals surface area contributed by atoms with Gasteiger partial charge in [-0.3, -0.25) is 4.90 Å². The maximum Gasteiger partial charge on any atom is 0.0161 e. The predicted octanol–water partition coefficient (Wildman–Crippen LogP) is 1.41. The molecule has 0 radical (unpaired) electrons. The summed E-state index contributed by atoms with van der Waals surface area (Å²) in [5.74, 6) is 3.18. The Labute approximate surface area is 86.2 Å². The van der Waals surface area contributed by atoms with Gasteiger partial charge < -0.3 is 5.73 Å². The van der Waals surface area contributed by atoms with Crippen LogP contribution in [0.4, 0.5) is 0 Å². The zero-order valence-electron chi connectivity index (χ0n) is 8.99. The molecule has 3 unspecified atom stereocenters. The molecule has 1 heterocycles. The first-order chi connectivity index (χ1) is 6.16. The molecule has 0 aromatic rings. The summed E-state index contributed by atoms with van der Waals surface area (Å²) in [5.41, 5.74) is 5.69. The van der Waals surface area contributed by atoms with E-state index in [4.69, 9.17) is 5.73 Å². The molecule has 0 aromatic heterocycles. The number of rotatable bonds is 3. The van der Waals surface area contributed by atoms with Crippen LogP contribution in [0.3, 0.4) is 0 Å². The first kappa shape index (κ1) is 11.3. The van der Waals surface area contributed by atoms with Gasteiger partial charge in [0.05, 0.1) is 0 Å².